The first-order valence-corrected chi connectivity index (χ1v) is 6.76. The number of hydrogen-bond acceptors (Lipinski definition) is 3. The number of carboxylic acids is 1. The predicted molar refractivity (Wildman–Crippen MR) is 73.5 cm³/mol. The number of carboxylic acid groups (broad SMARTS) is 1. The van der Waals surface area contributed by atoms with Crippen LogP contribution in [-0.2, 0) is 9.59 Å². The summed E-state index contributed by atoms with van der Waals surface area (Å²) in [7, 11) is 0. The van der Waals surface area contributed by atoms with Crippen LogP contribution in [0.5, 0.6) is 0 Å². The Kier molecular flexibility index (Phi) is 3.80. The fraction of sp³-hybridized carbons (Fsp3) is 0.400. The third kappa shape index (κ3) is 2.30. The van der Waals surface area contributed by atoms with Crippen LogP contribution in [0.25, 0.3) is 0 Å². The lowest BCUT2D eigenvalue weighted by molar-refractivity contribution is -0.126. The molecule has 0 bridgehead atoms. The molecule has 1 N–H and O–H groups in total. The van der Waals surface area contributed by atoms with Crippen LogP contribution in [-0.4, -0.2) is 22.9 Å². The summed E-state index contributed by atoms with van der Waals surface area (Å²) in [6, 6.07) is 3.23. The number of rotatable bonds is 4. The summed E-state index contributed by atoms with van der Waals surface area (Å²) in [5, 5.41) is 8.93. The monoisotopic (exact) mass is 293 g/mol. The summed E-state index contributed by atoms with van der Waals surface area (Å²) in [5.41, 5.74) is -1.19. The number of imide groups is 1. The van der Waals surface area contributed by atoms with Crippen molar-refractivity contribution in [2.24, 2.45) is 5.41 Å². The zero-order valence-electron chi connectivity index (χ0n) is 11.9. The highest BCUT2D eigenvalue weighted by atomic mass is 19.1. The van der Waals surface area contributed by atoms with E-state index in [1.54, 1.807) is 0 Å². The van der Waals surface area contributed by atoms with E-state index in [1.165, 1.54) is 6.07 Å². The Morgan fingerprint density at radius 3 is 2.43 bits per heavy atom. The van der Waals surface area contributed by atoms with E-state index in [2.05, 4.69) is 0 Å². The molecule has 6 heteroatoms. The number of carbonyl (C=O) groups is 3. The van der Waals surface area contributed by atoms with Crippen molar-refractivity contribution < 1.29 is 23.9 Å². The molecule has 1 heterocycles. The molecule has 1 saturated heterocycles. The first-order chi connectivity index (χ1) is 9.86. The van der Waals surface area contributed by atoms with Crippen LogP contribution < -0.4 is 4.90 Å². The molecule has 112 valence electrons. The van der Waals surface area contributed by atoms with E-state index in [1.807, 2.05) is 13.8 Å². The fourth-order valence-corrected chi connectivity index (χ4v) is 2.67. The van der Waals surface area contributed by atoms with E-state index in [0.29, 0.717) is 12.8 Å². The molecule has 2 rings (SSSR count). The number of anilines is 1. The van der Waals surface area contributed by atoms with Crippen molar-refractivity contribution in [2.75, 3.05) is 4.90 Å². The Balaban J connectivity index is 2.48. The number of nitrogens with zero attached hydrogens (tertiary/aromatic N) is 1. The van der Waals surface area contributed by atoms with Crippen LogP contribution in [0.2, 0.25) is 0 Å². The third-order valence-corrected chi connectivity index (χ3v) is 4.19. The van der Waals surface area contributed by atoms with Crippen molar-refractivity contribution in [2.45, 2.75) is 33.1 Å². The van der Waals surface area contributed by atoms with Gasteiger partial charge in [0.2, 0.25) is 11.8 Å². The summed E-state index contributed by atoms with van der Waals surface area (Å²) in [4.78, 5) is 36.6. The summed E-state index contributed by atoms with van der Waals surface area (Å²) < 4.78 is 13.4. The maximum atomic E-state index is 13.4. The Hall–Kier alpha value is -2.24. The fourth-order valence-electron chi connectivity index (χ4n) is 2.67. The normalized spacial score (nSPS) is 17.4. The van der Waals surface area contributed by atoms with Crippen molar-refractivity contribution in [3.05, 3.63) is 29.6 Å². The molecular weight excluding hydrogens is 277 g/mol. The maximum absolute atomic E-state index is 13.4. The van der Waals surface area contributed by atoms with Crippen LogP contribution >= 0.6 is 0 Å². The zero-order chi connectivity index (χ0) is 15.8. The second kappa shape index (κ2) is 5.27. The van der Waals surface area contributed by atoms with Crippen molar-refractivity contribution >= 4 is 23.5 Å². The van der Waals surface area contributed by atoms with Crippen LogP contribution in [0.4, 0.5) is 10.1 Å². The van der Waals surface area contributed by atoms with Gasteiger partial charge in [0, 0.05) is 6.42 Å². The average Bonchev–Trinajstić information content (AvgIpc) is 2.71. The average molecular weight is 293 g/mol. The van der Waals surface area contributed by atoms with E-state index >= 15 is 0 Å². The number of aromatic carboxylic acids is 1. The second-order valence-electron chi connectivity index (χ2n) is 5.17. The largest absolute Gasteiger partial charge is 0.478 e. The van der Waals surface area contributed by atoms with Crippen LogP contribution in [0.3, 0.4) is 0 Å². The molecule has 2 amide bonds. The van der Waals surface area contributed by atoms with Gasteiger partial charge in [-0.1, -0.05) is 13.8 Å². The molecule has 21 heavy (non-hydrogen) atoms. The zero-order valence-corrected chi connectivity index (χ0v) is 11.9. The number of benzene rings is 1. The number of hydrogen-bond donors (Lipinski definition) is 1. The minimum absolute atomic E-state index is 0.0958. The Morgan fingerprint density at radius 1 is 1.33 bits per heavy atom. The van der Waals surface area contributed by atoms with Crippen LogP contribution in [0.1, 0.15) is 43.5 Å². The summed E-state index contributed by atoms with van der Waals surface area (Å²) in [5.74, 6) is -3.07. The summed E-state index contributed by atoms with van der Waals surface area (Å²) >= 11 is 0. The van der Waals surface area contributed by atoms with Crippen LogP contribution in [0, 0.1) is 11.2 Å². The molecule has 0 saturated carbocycles. The Labute approximate surface area is 121 Å². The number of carbonyl (C=O) groups excluding carboxylic acids is 2. The van der Waals surface area contributed by atoms with E-state index in [4.69, 9.17) is 5.11 Å². The minimum atomic E-state index is -1.44. The lowest BCUT2D eigenvalue weighted by Gasteiger charge is -2.23. The molecule has 0 aliphatic carbocycles. The van der Waals surface area contributed by atoms with Crippen LogP contribution in [0.15, 0.2) is 18.2 Å². The molecule has 0 aromatic heterocycles. The van der Waals surface area contributed by atoms with Gasteiger partial charge >= 0.3 is 5.97 Å². The highest BCUT2D eigenvalue weighted by molar-refractivity contribution is 6.22. The van der Waals surface area contributed by atoms with Gasteiger partial charge < -0.3 is 5.11 Å². The highest BCUT2D eigenvalue weighted by Gasteiger charge is 2.49. The topological polar surface area (TPSA) is 74.7 Å². The van der Waals surface area contributed by atoms with E-state index in [0.717, 1.165) is 17.0 Å². The molecule has 1 aliphatic heterocycles. The van der Waals surface area contributed by atoms with Gasteiger partial charge in [0.15, 0.2) is 0 Å². The van der Waals surface area contributed by atoms with Gasteiger partial charge in [-0.05, 0) is 31.0 Å². The molecular formula is C15H16FNO4. The number of halogens is 1. The van der Waals surface area contributed by atoms with Gasteiger partial charge in [-0.2, -0.15) is 0 Å². The first-order valence-electron chi connectivity index (χ1n) is 6.76. The van der Waals surface area contributed by atoms with Crippen molar-refractivity contribution in [3.63, 3.8) is 0 Å². The second-order valence-corrected chi connectivity index (χ2v) is 5.17. The smallest absolute Gasteiger partial charge is 0.338 e. The van der Waals surface area contributed by atoms with E-state index in [-0.39, 0.29) is 23.9 Å². The maximum Gasteiger partial charge on any atom is 0.338 e. The first kappa shape index (κ1) is 15.2. The third-order valence-electron chi connectivity index (χ3n) is 4.19. The lowest BCUT2D eigenvalue weighted by Crippen LogP contribution is -2.35. The quantitative estimate of drug-likeness (QED) is 0.866. The van der Waals surface area contributed by atoms with Gasteiger partial charge in [-0.3, -0.25) is 14.5 Å². The van der Waals surface area contributed by atoms with Gasteiger partial charge in [0.25, 0.3) is 0 Å². The molecule has 0 unspecified atom stereocenters. The molecule has 0 radical (unpaired) electrons. The minimum Gasteiger partial charge on any atom is -0.478 e. The molecule has 5 nitrogen and oxygen atoms in total. The van der Waals surface area contributed by atoms with E-state index in [9.17, 15) is 18.8 Å². The Morgan fingerprint density at radius 2 is 1.95 bits per heavy atom. The molecule has 1 aromatic rings. The summed E-state index contributed by atoms with van der Waals surface area (Å²) in [6.07, 6.45) is 1.15. The number of amides is 2. The van der Waals surface area contributed by atoms with Gasteiger partial charge in [0.05, 0.1) is 16.7 Å². The van der Waals surface area contributed by atoms with Crippen molar-refractivity contribution in [3.8, 4) is 0 Å². The molecule has 0 atom stereocenters. The highest BCUT2D eigenvalue weighted by Crippen LogP contribution is 2.41. The summed E-state index contributed by atoms with van der Waals surface area (Å²) in [6.45, 7) is 3.68. The molecule has 1 aromatic carbocycles. The van der Waals surface area contributed by atoms with Gasteiger partial charge in [-0.25, -0.2) is 9.18 Å². The molecule has 1 aliphatic rings. The van der Waals surface area contributed by atoms with Crippen molar-refractivity contribution in [1.29, 1.82) is 0 Å². The molecule has 0 spiro atoms. The standard InChI is InChI=1S/C15H16FNO4/c1-3-15(4-2)8-12(18)17(14(15)21)9-5-6-11(16)10(7-9)13(19)20/h5-7H,3-4,8H2,1-2H3,(H,19,20). The SMILES string of the molecule is CCC1(CC)CC(=O)N(c2ccc(F)c(C(=O)O)c2)C1=O. The van der Waals surface area contributed by atoms with Crippen molar-refractivity contribution in [1.82, 2.24) is 0 Å². The Bertz CT molecular complexity index is 622. The van der Waals surface area contributed by atoms with E-state index < -0.39 is 22.8 Å². The lowest BCUT2D eigenvalue weighted by atomic mass is 9.81. The predicted octanol–water partition coefficient (Wildman–Crippen LogP) is 2.59. The van der Waals surface area contributed by atoms with Gasteiger partial charge in [-0.15, -0.1) is 0 Å². The van der Waals surface area contributed by atoms with Gasteiger partial charge in [0.1, 0.15) is 5.82 Å². The molecule has 1 fully saturated rings.